The summed E-state index contributed by atoms with van der Waals surface area (Å²) in [5.41, 5.74) is 1.25. The van der Waals surface area contributed by atoms with E-state index in [9.17, 15) is 4.57 Å². The molecule has 0 amide bonds. The van der Waals surface area contributed by atoms with Gasteiger partial charge in [-0.3, -0.25) is 4.57 Å². The fourth-order valence-electron chi connectivity index (χ4n) is 2.47. The molecule has 3 nitrogen and oxygen atoms in total. The van der Waals surface area contributed by atoms with Gasteiger partial charge in [0.1, 0.15) is 0 Å². The van der Waals surface area contributed by atoms with Crippen LogP contribution in [0, 0.1) is 0 Å². The Bertz CT molecular complexity index is 586. The van der Waals surface area contributed by atoms with E-state index in [2.05, 4.69) is 18.2 Å². The number of rotatable bonds is 8. The van der Waals surface area contributed by atoms with E-state index >= 15 is 0 Å². The smallest absolute Gasteiger partial charge is 0.306 e. The molecule has 126 valence electrons. The minimum atomic E-state index is -3.20. The lowest BCUT2D eigenvalue weighted by Gasteiger charge is -2.19. The third-order valence-electron chi connectivity index (χ3n) is 3.47. The fourth-order valence-corrected chi connectivity index (χ4v) is 5.33. The van der Waals surface area contributed by atoms with Gasteiger partial charge >= 0.3 is 7.60 Å². The van der Waals surface area contributed by atoms with Crippen LogP contribution in [0.5, 0.6) is 0 Å². The summed E-state index contributed by atoms with van der Waals surface area (Å²) in [6.45, 7) is 4.42. The molecule has 23 heavy (non-hydrogen) atoms. The van der Waals surface area contributed by atoms with Gasteiger partial charge in [0.25, 0.3) is 0 Å². The Hall–Kier alpha value is -0.800. The van der Waals surface area contributed by atoms with Crippen LogP contribution in [-0.4, -0.2) is 13.2 Å². The molecule has 0 spiro atoms. The zero-order valence-corrected chi connectivity index (χ0v) is 15.6. The van der Waals surface area contributed by atoms with Crippen LogP contribution in [0.3, 0.4) is 0 Å². The van der Waals surface area contributed by atoms with Gasteiger partial charge in [0.05, 0.1) is 13.2 Å². The van der Waals surface area contributed by atoms with Crippen LogP contribution in [-0.2, 0) is 13.6 Å². The Morgan fingerprint density at radius 1 is 1.17 bits per heavy atom. The molecule has 2 rings (SSSR count). The molecule has 0 saturated heterocycles. The first kappa shape index (κ1) is 18.5. The second kappa shape index (κ2) is 9.48. The minimum absolute atomic E-state index is 0.371. The van der Waals surface area contributed by atoms with Gasteiger partial charge in [-0.2, -0.15) is 0 Å². The number of benzene rings is 1. The highest BCUT2D eigenvalue weighted by Crippen LogP contribution is 2.53. The quantitative estimate of drug-likeness (QED) is 0.401. The highest BCUT2D eigenvalue weighted by molar-refractivity contribution is 8.03. The fraction of sp³-hybridized carbons (Fsp3) is 0.444. The Kier molecular flexibility index (Phi) is 7.64. The van der Waals surface area contributed by atoms with Crippen molar-refractivity contribution < 1.29 is 13.6 Å². The highest BCUT2D eigenvalue weighted by atomic mass is 32.2. The molecule has 0 unspecified atom stereocenters. The molecular formula is C18H25O3PS. The standard InChI is InChI=1S/C18H25O3PS/c1-3-20-22(19,21-4-2)15-18(16-11-7-5-8-12-16)23-17-13-9-6-10-14-17/h6,9-11,13-15H,3-5,7-8,12H2,1-2H3/b18-15-. The monoisotopic (exact) mass is 352 g/mol. The summed E-state index contributed by atoms with van der Waals surface area (Å²) in [6, 6.07) is 10.2. The third-order valence-corrected chi connectivity index (χ3v) is 6.57. The zero-order chi connectivity index (χ0) is 16.5. The molecule has 0 atom stereocenters. The Labute approximate surface area is 143 Å². The van der Waals surface area contributed by atoms with E-state index in [0.717, 1.165) is 22.6 Å². The number of thioether (sulfide) groups is 1. The summed E-state index contributed by atoms with van der Waals surface area (Å²) >= 11 is 1.63. The lowest BCUT2D eigenvalue weighted by atomic mass is 10.00. The molecule has 0 heterocycles. The van der Waals surface area contributed by atoms with Crippen LogP contribution in [0.2, 0.25) is 0 Å². The summed E-state index contributed by atoms with van der Waals surface area (Å²) in [4.78, 5) is 2.13. The lowest BCUT2D eigenvalue weighted by Crippen LogP contribution is -1.97. The summed E-state index contributed by atoms with van der Waals surface area (Å²) in [7, 11) is -3.20. The van der Waals surface area contributed by atoms with Crippen LogP contribution < -0.4 is 0 Å². The molecule has 5 heteroatoms. The molecule has 0 aromatic heterocycles. The molecular weight excluding hydrogens is 327 g/mol. The van der Waals surface area contributed by atoms with E-state index in [1.807, 2.05) is 32.0 Å². The van der Waals surface area contributed by atoms with Gasteiger partial charge in [0.2, 0.25) is 0 Å². The van der Waals surface area contributed by atoms with Crippen LogP contribution in [0.15, 0.2) is 57.6 Å². The van der Waals surface area contributed by atoms with Gasteiger partial charge in [-0.1, -0.05) is 36.0 Å². The van der Waals surface area contributed by atoms with Crippen molar-refractivity contribution in [1.29, 1.82) is 0 Å². The maximum atomic E-state index is 12.9. The molecule has 0 bridgehead atoms. The average Bonchev–Trinajstić information content (AvgIpc) is 2.56. The van der Waals surface area contributed by atoms with Crippen LogP contribution in [0.1, 0.15) is 39.5 Å². The van der Waals surface area contributed by atoms with Crippen LogP contribution in [0.4, 0.5) is 0 Å². The van der Waals surface area contributed by atoms with Crippen molar-refractivity contribution in [3.8, 4) is 0 Å². The molecule has 0 saturated carbocycles. The van der Waals surface area contributed by atoms with E-state index in [1.165, 1.54) is 18.4 Å². The summed E-state index contributed by atoms with van der Waals surface area (Å²) < 4.78 is 23.8. The van der Waals surface area contributed by atoms with Gasteiger partial charge in [0, 0.05) is 15.6 Å². The topological polar surface area (TPSA) is 35.5 Å². The second-order valence-electron chi connectivity index (χ2n) is 5.26. The zero-order valence-electron chi connectivity index (χ0n) is 13.9. The first-order chi connectivity index (χ1) is 11.2. The predicted octanol–water partition coefficient (Wildman–Crippen LogP) is 6.39. The van der Waals surface area contributed by atoms with Gasteiger partial charge in [-0.15, -0.1) is 0 Å². The number of hydrogen-bond acceptors (Lipinski definition) is 4. The SMILES string of the molecule is CCOP(=O)(/C=C(\Sc1ccccc1)C1=CCCCC1)OCC. The van der Waals surface area contributed by atoms with Crippen LogP contribution in [0.25, 0.3) is 0 Å². The van der Waals surface area contributed by atoms with Gasteiger partial charge in [0.15, 0.2) is 0 Å². The number of hydrogen-bond donors (Lipinski definition) is 0. The molecule has 0 aliphatic heterocycles. The average molecular weight is 352 g/mol. The molecule has 0 N–H and O–H groups in total. The normalized spacial score (nSPS) is 16.3. The van der Waals surface area contributed by atoms with Crippen molar-refractivity contribution in [2.24, 2.45) is 0 Å². The van der Waals surface area contributed by atoms with Crippen molar-refractivity contribution in [3.63, 3.8) is 0 Å². The maximum absolute atomic E-state index is 12.9. The first-order valence-corrected chi connectivity index (χ1v) is 10.6. The Morgan fingerprint density at radius 3 is 2.43 bits per heavy atom. The summed E-state index contributed by atoms with van der Waals surface area (Å²) in [5.74, 6) is 1.72. The molecule has 1 aromatic rings. The molecule has 1 aromatic carbocycles. The third kappa shape index (κ3) is 5.96. The summed E-state index contributed by atoms with van der Waals surface area (Å²) in [6.07, 6.45) is 6.75. The van der Waals surface area contributed by atoms with Gasteiger partial charge in [-0.05, 0) is 57.2 Å². The van der Waals surface area contributed by atoms with E-state index < -0.39 is 7.60 Å². The van der Waals surface area contributed by atoms with E-state index in [4.69, 9.17) is 9.05 Å². The lowest BCUT2D eigenvalue weighted by molar-refractivity contribution is 0.229. The van der Waals surface area contributed by atoms with Crippen molar-refractivity contribution in [3.05, 3.63) is 52.7 Å². The highest BCUT2D eigenvalue weighted by Gasteiger charge is 2.23. The Morgan fingerprint density at radius 2 is 1.87 bits per heavy atom. The van der Waals surface area contributed by atoms with Crippen molar-refractivity contribution in [2.75, 3.05) is 13.2 Å². The maximum Gasteiger partial charge on any atom is 0.355 e. The van der Waals surface area contributed by atoms with E-state index in [-0.39, 0.29) is 0 Å². The van der Waals surface area contributed by atoms with Gasteiger partial charge < -0.3 is 9.05 Å². The second-order valence-corrected chi connectivity index (χ2v) is 8.23. The van der Waals surface area contributed by atoms with E-state index in [1.54, 1.807) is 17.6 Å². The van der Waals surface area contributed by atoms with Crippen molar-refractivity contribution >= 4 is 19.4 Å². The predicted molar refractivity (Wildman–Crippen MR) is 97.8 cm³/mol. The Balaban J connectivity index is 2.33. The van der Waals surface area contributed by atoms with Crippen LogP contribution >= 0.6 is 19.4 Å². The first-order valence-electron chi connectivity index (χ1n) is 8.21. The summed E-state index contributed by atoms with van der Waals surface area (Å²) in [5, 5.41) is 0. The van der Waals surface area contributed by atoms with Gasteiger partial charge in [-0.25, -0.2) is 0 Å². The molecule has 1 aliphatic carbocycles. The molecule has 1 aliphatic rings. The van der Waals surface area contributed by atoms with E-state index in [0.29, 0.717) is 13.2 Å². The molecule has 0 fully saturated rings. The van der Waals surface area contributed by atoms with Crippen molar-refractivity contribution in [1.82, 2.24) is 0 Å². The van der Waals surface area contributed by atoms with Crippen molar-refractivity contribution in [2.45, 2.75) is 44.4 Å². The largest absolute Gasteiger partial charge is 0.355 e. The number of allylic oxidation sites excluding steroid dienone is 2. The minimum Gasteiger partial charge on any atom is -0.306 e. The molecule has 0 radical (unpaired) electrons.